The Kier molecular flexibility index (Phi) is 2.61. The summed E-state index contributed by atoms with van der Waals surface area (Å²) in [5, 5.41) is 0. The number of alkyl halides is 1. The van der Waals surface area contributed by atoms with E-state index >= 15 is 0 Å². The SMILES string of the molecule is COc1ccc(C2(Cl)CN(C)C2=S)cc1. The number of likely N-dealkylation sites (tertiary alicyclic amines) is 1. The second kappa shape index (κ2) is 3.65. The first kappa shape index (κ1) is 10.7. The predicted octanol–water partition coefficient (Wildman–Crippen LogP) is 2.40. The normalized spacial score (nSPS) is 25.0. The number of hydrogen-bond acceptors (Lipinski definition) is 2. The van der Waals surface area contributed by atoms with Crippen molar-refractivity contribution in [1.29, 1.82) is 0 Å². The molecule has 1 aromatic rings. The molecule has 1 heterocycles. The first-order valence-electron chi connectivity index (χ1n) is 4.67. The van der Waals surface area contributed by atoms with Gasteiger partial charge in [0, 0.05) is 13.6 Å². The van der Waals surface area contributed by atoms with Crippen LogP contribution in [0.2, 0.25) is 0 Å². The number of halogens is 1. The van der Waals surface area contributed by atoms with Gasteiger partial charge in [0.15, 0.2) is 0 Å². The molecule has 4 heteroatoms. The lowest BCUT2D eigenvalue weighted by Gasteiger charge is -2.46. The minimum Gasteiger partial charge on any atom is -0.497 e. The van der Waals surface area contributed by atoms with Crippen molar-refractivity contribution in [3.8, 4) is 5.75 Å². The van der Waals surface area contributed by atoms with E-state index in [-0.39, 0.29) is 0 Å². The fourth-order valence-corrected chi connectivity index (χ4v) is 2.44. The molecule has 1 saturated heterocycles. The Morgan fingerprint density at radius 2 is 2.00 bits per heavy atom. The third-order valence-electron chi connectivity index (χ3n) is 2.69. The summed E-state index contributed by atoms with van der Waals surface area (Å²) in [5.41, 5.74) is 1.04. The van der Waals surface area contributed by atoms with Crippen LogP contribution in [-0.2, 0) is 4.87 Å². The Morgan fingerprint density at radius 1 is 1.40 bits per heavy atom. The van der Waals surface area contributed by atoms with Gasteiger partial charge in [-0.05, 0) is 17.7 Å². The van der Waals surface area contributed by atoms with Crippen LogP contribution in [0.1, 0.15) is 5.56 Å². The van der Waals surface area contributed by atoms with Crippen LogP contribution in [0.5, 0.6) is 5.75 Å². The maximum Gasteiger partial charge on any atom is 0.137 e. The summed E-state index contributed by atoms with van der Waals surface area (Å²) >= 11 is 11.7. The summed E-state index contributed by atoms with van der Waals surface area (Å²) in [6.07, 6.45) is 0. The number of hydrogen-bond donors (Lipinski definition) is 0. The average molecular weight is 242 g/mol. The van der Waals surface area contributed by atoms with Crippen LogP contribution in [0.25, 0.3) is 0 Å². The molecule has 80 valence electrons. The molecule has 2 rings (SSSR count). The first-order valence-corrected chi connectivity index (χ1v) is 5.45. The van der Waals surface area contributed by atoms with Crippen LogP contribution in [-0.4, -0.2) is 30.6 Å². The third-order valence-corrected chi connectivity index (χ3v) is 3.98. The Balaban J connectivity index is 2.27. The van der Waals surface area contributed by atoms with Crippen LogP contribution >= 0.6 is 23.8 Å². The maximum absolute atomic E-state index is 6.45. The van der Waals surface area contributed by atoms with E-state index in [0.717, 1.165) is 22.8 Å². The second-order valence-electron chi connectivity index (χ2n) is 3.69. The third kappa shape index (κ3) is 1.60. The zero-order valence-corrected chi connectivity index (χ0v) is 10.2. The average Bonchev–Trinajstić information content (AvgIpc) is 2.28. The Hall–Kier alpha value is -0.800. The number of nitrogens with zero attached hydrogens (tertiary/aromatic N) is 1. The fraction of sp³-hybridized carbons (Fsp3) is 0.364. The van der Waals surface area contributed by atoms with Gasteiger partial charge in [-0.25, -0.2) is 0 Å². The highest BCUT2D eigenvalue weighted by molar-refractivity contribution is 7.80. The van der Waals surface area contributed by atoms with E-state index in [1.165, 1.54) is 0 Å². The molecular weight excluding hydrogens is 230 g/mol. The lowest BCUT2D eigenvalue weighted by molar-refractivity contribution is 0.373. The fourth-order valence-electron chi connectivity index (χ4n) is 1.75. The zero-order chi connectivity index (χ0) is 11.1. The first-order chi connectivity index (χ1) is 7.08. The number of rotatable bonds is 2. The van der Waals surface area contributed by atoms with Crippen molar-refractivity contribution >= 4 is 28.8 Å². The molecule has 1 unspecified atom stereocenters. The Bertz CT molecular complexity index is 392. The van der Waals surface area contributed by atoms with Gasteiger partial charge >= 0.3 is 0 Å². The highest BCUT2D eigenvalue weighted by Crippen LogP contribution is 2.40. The molecule has 1 aliphatic rings. The van der Waals surface area contributed by atoms with E-state index in [2.05, 4.69) is 0 Å². The van der Waals surface area contributed by atoms with E-state index in [9.17, 15) is 0 Å². The lowest BCUT2D eigenvalue weighted by atomic mass is 9.91. The van der Waals surface area contributed by atoms with Gasteiger partial charge in [0.05, 0.1) is 7.11 Å². The van der Waals surface area contributed by atoms with E-state index in [1.807, 2.05) is 36.2 Å². The molecule has 0 aliphatic carbocycles. The van der Waals surface area contributed by atoms with E-state index < -0.39 is 4.87 Å². The number of ether oxygens (including phenoxy) is 1. The van der Waals surface area contributed by atoms with Crippen LogP contribution in [0.3, 0.4) is 0 Å². The Morgan fingerprint density at radius 3 is 2.40 bits per heavy atom. The van der Waals surface area contributed by atoms with Crippen molar-refractivity contribution < 1.29 is 4.74 Å². The highest BCUT2D eigenvalue weighted by Gasteiger charge is 2.46. The molecule has 1 aliphatic heterocycles. The van der Waals surface area contributed by atoms with Crippen molar-refractivity contribution in [2.75, 3.05) is 20.7 Å². The summed E-state index contributed by atoms with van der Waals surface area (Å²) in [6, 6.07) is 7.73. The second-order valence-corrected chi connectivity index (χ2v) is 4.72. The highest BCUT2D eigenvalue weighted by atomic mass is 35.5. The molecule has 0 spiro atoms. The zero-order valence-electron chi connectivity index (χ0n) is 8.66. The predicted molar refractivity (Wildman–Crippen MR) is 65.8 cm³/mol. The molecule has 1 fully saturated rings. The standard InChI is InChI=1S/C11H12ClNOS/c1-13-7-11(12,10(13)15)8-3-5-9(14-2)6-4-8/h3-6H,7H2,1-2H3. The maximum atomic E-state index is 6.45. The van der Waals surface area contributed by atoms with Crippen LogP contribution < -0.4 is 4.74 Å². The van der Waals surface area contributed by atoms with Crippen LogP contribution in [0.15, 0.2) is 24.3 Å². The van der Waals surface area contributed by atoms with Gasteiger partial charge in [-0.3, -0.25) is 0 Å². The number of thiocarbonyl (C=S) groups is 1. The molecule has 1 atom stereocenters. The molecule has 0 bridgehead atoms. The quantitative estimate of drug-likeness (QED) is 0.583. The monoisotopic (exact) mass is 241 g/mol. The van der Waals surface area contributed by atoms with Gasteiger partial charge in [0.1, 0.15) is 15.6 Å². The van der Waals surface area contributed by atoms with Crippen molar-refractivity contribution in [3.05, 3.63) is 29.8 Å². The molecule has 1 aromatic carbocycles. The summed E-state index contributed by atoms with van der Waals surface area (Å²) in [4.78, 5) is 2.28. The summed E-state index contributed by atoms with van der Waals surface area (Å²) in [5.74, 6) is 0.831. The Labute approximate surface area is 99.8 Å². The minimum absolute atomic E-state index is 0.490. The molecular formula is C11H12ClNOS. The summed E-state index contributed by atoms with van der Waals surface area (Å²) in [7, 11) is 3.60. The van der Waals surface area contributed by atoms with Crippen molar-refractivity contribution in [2.45, 2.75) is 4.87 Å². The van der Waals surface area contributed by atoms with E-state index in [0.29, 0.717) is 0 Å². The smallest absolute Gasteiger partial charge is 0.137 e. The van der Waals surface area contributed by atoms with Gasteiger partial charge < -0.3 is 9.64 Å². The molecule has 0 radical (unpaired) electrons. The molecule has 0 saturated carbocycles. The molecule has 2 nitrogen and oxygen atoms in total. The van der Waals surface area contributed by atoms with Gasteiger partial charge in [0.25, 0.3) is 0 Å². The largest absolute Gasteiger partial charge is 0.497 e. The minimum atomic E-state index is -0.490. The summed E-state index contributed by atoms with van der Waals surface area (Å²) in [6.45, 7) is 0.764. The van der Waals surface area contributed by atoms with Gasteiger partial charge in [0.2, 0.25) is 0 Å². The number of likely N-dealkylation sites (N-methyl/N-ethyl adjacent to an activating group) is 1. The van der Waals surface area contributed by atoms with Crippen molar-refractivity contribution in [1.82, 2.24) is 4.90 Å². The molecule has 15 heavy (non-hydrogen) atoms. The van der Waals surface area contributed by atoms with Crippen LogP contribution in [0, 0.1) is 0 Å². The van der Waals surface area contributed by atoms with E-state index in [1.54, 1.807) is 7.11 Å². The topological polar surface area (TPSA) is 12.5 Å². The van der Waals surface area contributed by atoms with Gasteiger partial charge in [-0.2, -0.15) is 0 Å². The number of benzene rings is 1. The van der Waals surface area contributed by atoms with Gasteiger partial charge in [-0.15, -0.1) is 11.6 Å². The number of methoxy groups -OCH3 is 1. The van der Waals surface area contributed by atoms with E-state index in [4.69, 9.17) is 28.6 Å². The summed E-state index contributed by atoms with van der Waals surface area (Å²) < 4.78 is 5.10. The molecule has 0 amide bonds. The molecule has 0 aromatic heterocycles. The lowest BCUT2D eigenvalue weighted by Crippen LogP contribution is -2.58. The van der Waals surface area contributed by atoms with Crippen LogP contribution in [0.4, 0.5) is 0 Å². The van der Waals surface area contributed by atoms with Crippen molar-refractivity contribution in [2.24, 2.45) is 0 Å². The van der Waals surface area contributed by atoms with Gasteiger partial charge in [-0.1, -0.05) is 24.4 Å². The molecule has 0 N–H and O–H groups in total. The van der Waals surface area contributed by atoms with Crippen molar-refractivity contribution in [3.63, 3.8) is 0 Å².